The van der Waals surface area contributed by atoms with Gasteiger partial charge in [-0.05, 0) is 49.2 Å². The largest absolute Gasteiger partial charge is 0.369 e. The Morgan fingerprint density at radius 3 is 1.29 bits per heavy atom. The van der Waals surface area contributed by atoms with Crippen LogP contribution in [-0.4, -0.2) is 84.4 Å². The Bertz CT molecular complexity index is 1020. The van der Waals surface area contributed by atoms with Crippen molar-refractivity contribution < 1.29 is 9.59 Å². The maximum Gasteiger partial charge on any atom is 0.252 e. The zero-order chi connectivity index (χ0) is 30.0. The van der Waals surface area contributed by atoms with Crippen molar-refractivity contribution >= 4 is 93.8 Å². The minimum Gasteiger partial charge on any atom is -0.369 e. The van der Waals surface area contributed by atoms with Crippen molar-refractivity contribution in [2.24, 2.45) is 10.2 Å². The van der Waals surface area contributed by atoms with Gasteiger partial charge in [-0.1, -0.05) is 24.3 Å². The molecule has 2 amide bonds. The van der Waals surface area contributed by atoms with Crippen LogP contribution in [0.2, 0.25) is 0 Å². The molecule has 2 N–H and O–H groups in total. The molecule has 0 aliphatic carbocycles. The van der Waals surface area contributed by atoms with Gasteiger partial charge in [0.05, 0.1) is 22.9 Å². The van der Waals surface area contributed by atoms with E-state index < -0.39 is 10.5 Å². The first-order valence-corrected chi connectivity index (χ1v) is 16.2. The highest BCUT2D eigenvalue weighted by molar-refractivity contribution is 8.01. The summed E-state index contributed by atoms with van der Waals surface area (Å²) in [7, 11) is 0. The quantitative estimate of drug-likeness (QED) is 0.128. The number of alkyl halides is 4. The lowest BCUT2D eigenvalue weighted by molar-refractivity contribution is -0.120. The highest BCUT2D eigenvalue weighted by Gasteiger charge is 2.21. The van der Waals surface area contributed by atoms with Crippen LogP contribution in [0.4, 0.5) is 11.4 Å². The van der Waals surface area contributed by atoms with Crippen molar-refractivity contribution in [3.05, 3.63) is 59.7 Å². The lowest BCUT2D eigenvalue weighted by atomic mass is 10.2. The molecule has 0 aliphatic rings. The Hall–Kier alpha value is -2.17. The van der Waals surface area contributed by atoms with E-state index in [1.807, 2.05) is 48.5 Å². The molecule has 0 bridgehead atoms. The van der Waals surface area contributed by atoms with Gasteiger partial charge in [-0.25, -0.2) is 10.9 Å². The molecule has 0 aliphatic heterocycles. The minimum absolute atomic E-state index is 0.307. The zero-order valence-electron chi connectivity index (χ0n) is 23.1. The summed E-state index contributed by atoms with van der Waals surface area (Å²) in [4.78, 5) is 29.2. The molecule has 0 saturated carbocycles. The summed E-state index contributed by atoms with van der Waals surface area (Å²) in [6.45, 7) is 6.25. The van der Waals surface area contributed by atoms with Gasteiger partial charge < -0.3 is 9.80 Å². The molecule has 8 nitrogen and oxygen atoms in total. The van der Waals surface area contributed by atoms with Crippen LogP contribution < -0.4 is 20.7 Å². The number of hydrazone groups is 2. The fourth-order valence-corrected chi connectivity index (χ4v) is 5.42. The Morgan fingerprint density at radius 1 is 0.683 bits per heavy atom. The van der Waals surface area contributed by atoms with E-state index >= 15 is 0 Å². The number of benzene rings is 2. The van der Waals surface area contributed by atoms with Crippen molar-refractivity contribution in [1.29, 1.82) is 0 Å². The molecule has 2 aromatic rings. The van der Waals surface area contributed by atoms with E-state index in [-0.39, 0.29) is 11.8 Å². The van der Waals surface area contributed by atoms with Crippen LogP contribution in [0.25, 0.3) is 0 Å². The maximum atomic E-state index is 12.5. The third-order valence-corrected chi connectivity index (χ3v) is 7.78. The number of carbonyl (C=O) groups excluding carboxylic acids is 2. The summed E-state index contributed by atoms with van der Waals surface area (Å²) in [6.07, 6.45) is 3.13. The van der Waals surface area contributed by atoms with Crippen LogP contribution in [0, 0.1) is 0 Å². The van der Waals surface area contributed by atoms with E-state index in [1.54, 1.807) is 26.3 Å². The van der Waals surface area contributed by atoms with Gasteiger partial charge in [-0.15, -0.1) is 58.2 Å². The second-order valence-electron chi connectivity index (χ2n) is 8.80. The molecule has 0 fully saturated rings. The number of hydrogen-bond donors (Lipinski definition) is 2. The molecule has 41 heavy (non-hydrogen) atoms. The van der Waals surface area contributed by atoms with Crippen LogP contribution in [0.5, 0.6) is 0 Å². The van der Waals surface area contributed by atoms with Crippen LogP contribution in [0.1, 0.15) is 25.0 Å². The number of rotatable bonds is 18. The topological polar surface area (TPSA) is 89.4 Å². The Labute approximate surface area is 266 Å². The number of hydrogen-bond acceptors (Lipinski definition) is 7. The predicted octanol–water partition coefficient (Wildman–Crippen LogP) is 5.37. The molecule has 0 spiro atoms. The number of halogens is 4. The third kappa shape index (κ3) is 12.7. The number of anilines is 2. The first kappa shape index (κ1) is 35.0. The summed E-state index contributed by atoms with van der Waals surface area (Å²) in [5.74, 6) is 1.42. The molecule has 2 rings (SSSR count). The second-order valence-corrected chi connectivity index (χ2v) is 12.0. The second kappa shape index (κ2) is 19.9. The highest BCUT2D eigenvalue weighted by atomic mass is 35.5. The van der Waals surface area contributed by atoms with Gasteiger partial charge in [0, 0.05) is 61.1 Å². The maximum absolute atomic E-state index is 12.5. The molecule has 0 aromatic heterocycles. The number of nitrogens with one attached hydrogen (secondary N) is 2. The first-order valence-electron chi connectivity index (χ1n) is 13.1. The molecule has 0 radical (unpaired) electrons. The Balaban J connectivity index is 1.80. The van der Waals surface area contributed by atoms with Crippen molar-refractivity contribution in [2.75, 3.05) is 59.5 Å². The summed E-state index contributed by atoms with van der Waals surface area (Å²) < 4.78 is 0. The standard InChI is InChI=1S/C28H36Cl4N6O2S/c1-21(27(39)35-33-19-23-3-7-25(8-4-23)37(15-11-29)16-12-30)41-22(2)28(40)36-34-20-24-5-9-26(10-6-24)38(17-13-31)18-14-32/h3-10,19-22H,11-18H2,1-2H3,(H,35,39)(H,36,40)/b33-19-,34-20-/t21-,22-/m0/s1. The van der Waals surface area contributed by atoms with Crippen LogP contribution in [0.15, 0.2) is 58.7 Å². The van der Waals surface area contributed by atoms with Crippen molar-refractivity contribution in [3.8, 4) is 0 Å². The molecular formula is C28H36Cl4N6O2S. The number of thioether (sulfide) groups is 1. The lowest BCUT2D eigenvalue weighted by Crippen LogP contribution is -2.33. The van der Waals surface area contributed by atoms with Gasteiger partial charge in [0.25, 0.3) is 11.8 Å². The average Bonchev–Trinajstić information content (AvgIpc) is 2.97. The van der Waals surface area contributed by atoms with E-state index in [2.05, 4.69) is 30.9 Å². The molecule has 0 unspecified atom stereocenters. The average molecular weight is 663 g/mol. The first-order chi connectivity index (χ1) is 19.8. The number of carbonyl (C=O) groups is 2. The fourth-order valence-electron chi connectivity index (χ4n) is 3.64. The lowest BCUT2D eigenvalue weighted by Gasteiger charge is -2.22. The smallest absolute Gasteiger partial charge is 0.252 e. The normalized spacial score (nSPS) is 12.8. The van der Waals surface area contributed by atoms with Crippen molar-refractivity contribution in [3.63, 3.8) is 0 Å². The SMILES string of the molecule is C[C@H](S[C@@H](C)C(=O)N/N=C\c1ccc(N(CCCl)CCCl)cc1)C(=O)N/N=C\c1ccc(N(CCCl)CCCl)cc1. The van der Waals surface area contributed by atoms with Gasteiger partial charge >= 0.3 is 0 Å². The highest BCUT2D eigenvalue weighted by Crippen LogP contribution is 2.19. The summed E-state index contributed by atoms with van der Waals surface area (Å²) >= 11 is 24.7. The monoisotopic (exact) mass is 660 g/mol. The molecular weight excluding hydrogens is 626 g/mol. The Morgan fingerprint density at radius 2 is 1.00 bits per heavy atom. The zero-order valence-corrected chi connectivity index (χ0v) is 27.0. The number of amides is 2. The van der Waals surface area contributed by atoms with Crippen LogP contribution in [0.3, 0.4) is 0 Å². The number of nitrogens with zero attached hydrogens (tertiary/aromatic N) is 4. The van der Waals surface area contributed by atoms with Gasteiger partial charge in [-0.3, -0.25) is 9.59 Å². The van der Waals surface area contributed by atoms with Gasteiger partial charge in [0.15, 0.2) is 0 Å². The van der Waals surface area contributed by atoms with E-state index in [4.69, 9.17) is 46.4 Å². The Kier molecular flexibility index (Phi) is 17.0. The van der Waals surface area contributed by atoms with Gasteiger partial charge in [0.2, 0.25) is 0 Å². The molecule has 224 valence electrons. The minimum atomic E-state index is -0.504. The molecule has 0 heterocycles. The summed E-state index contributed by atoms with van der Waals surface area (Å²) in [6, 6.07) is 15.4. The molecule has 13 heteroatoms. The van der Waals surface area contributed by atoms with Gasteiger partial charge in [0.1, 0.15) is 0 Å². The molecule has 0 saturated heterocycles. The summed E-state index contributed by atoms with van der Waals surface area (Å²) in [5.41, 5.74) is 8.74. The summed E-state index contributed by atoms with van der Waals surface area (Å²) in [5, 5.41) is 7.09. The predicted molar refractivity (Wildman–Crippen MR) is 178 cm³/mol. The van der Waals surface area contributed by atoms with Crippen molar-refractivity contribution in [2.45, 2.75) is 24.3 Å². The van der Waals surface area contributed by atoms with Crippen molar-refractivity contribution in [1.82, 2.24) is 10.9 Å². The van der Waals surface area contributed by atoms with E-state index in [0.717, 1.165) is 22.5 Å². The molecule has 2 aromatic carbocycles. The van der Waals surface area contributed by atoms with E-state index in [9.17, 15) is 9.59 Å². The van der Waals surface area contributed by atoms with Crippen LogP contribution >= 0.6 is 58.2 Å². The third-order valence-electron chi connectivity index (χ3n) is 5.86. The molecule has 2 atom stereocenters. The van der Waals surface area contributed by atoms with Crippen LogP contribution in [-0.2, 0) is 9.59 Å². The fraction of sp³-hybridized carbons (Fsp3) is 0.429. The van der Waals surface area contributed by atoms with E-state index in [1.165, 1.54) is 11.8 Å². The van der Waals surface area contributed by atoms with Gasteiger partial charge in [-0.2, -0.15) is 10.2 Å². The van der Waals surface area contributed by atoms with E-state index in [0.29, 0.717) is 49.7 Å².